The second-order valence-electron chi connectivity index (χ2n) is 3.36. The molecule has 3 heteroatoms. The Kier molecular flexibility index (Phi) is 6.54. The summed E-state index contributed by atoms with van der Waals surface area (Å²) in [4.78, 5) is 2.20. The summed E-state index contributed by atoms with van der Waals surface area (Å²) in [6, 6.07) is 0. The van der Waals surface area contributed by atoms with Crippen LogP contribution in [0.25, 0.3) is 0 Å². The molecule has 0 aliphatic heterocycles. The van der Waals surface area contributed by atoms with Gasteiger partial charge >= 0.3 is 0 Å². The fourth-order valence-corrected chi connectivity index (χ4v) is 1.15. The Labute approximate surface area is 92.0 Å². The second kappa shape index (κ2) is 7.12. The van der Waals surface area contributed by atoms with Crippen molar-refractivity contribution in [1.29, 1.82) is 0 Å². The van der Waals surface area contributed by atoms with Gasteiger partial charge in [-0.2, -0.15) is 0 Å². The number of nitrogens with zero attached hydrogens (tertiary/aromatic N) is 1. The van der Waals surface area contributed by atoms with Crippen LogP contribution < -0.4 is 0 Å². The van der Waals surface area contributed by atoms with Crippen molar-refractivity contribution < 1.29 is 10.2 Å². The molecule has 0 saturated heterocycles. The van der Waals surface area contributed by atoms with Crippen molar-refractivity contribution in [3.8, 4) is 0 Å². The number of hydrogen-bond acceptors (Lipinski definition) is 3. The first-order chi connectivity index (χ1) is 7.04. The minimum atomic E-state index is -0.0999. The van der Waals surface area contributed by atoms with Crippen molar-refractivity contribution in [2.45, 2.75) is 20.8 Å². The maximum absolute atomic E-state index is 9.37. The molecule has 0 bridgehead atoms. The number of hydrogen-bond donors (Lipinski definition) is 2. The highest BCUT2D eigenvalue weighted by atomic mass is 16.3. The first-order valence-corrected chi connectivity index (χ1v) is 5.19. The predicted molar refractivity (Wildman–Crippen MR) is 64.0 cm³/mol. The van der Waals surface area contributed by atoms with Gasteiger partial charge in [0.25, 0.3) is 0 Å². The molecule has 0 aromatic rings. The van der Waals surface area contributed by atoms with E-state index in [0.717, 1.165) is 25.2 Å². The van der Waals surface area contributed by atoms with Gasteiger partial charge in [-0.25, -0.2) is 0 Å². The molecule has 0 spiro atoms. The zero-order chi connectivity index (χ0) is 11.8. The van der Waals surface area contributed by atoms with Crippen molar-refractivity contribution in [1.82, 2.24) is 4.90 Å². The molecule has 0 saturated carbocycles. The number of aliphatic hydroxyl groups excluding tert-OH is 2. The van der Waals surface area contributed by atoms with E-state index in [9.17, 15) is 5.11 Å². The highest BCUT2D eigenvalue weighted by Gasteiger charge is 2.02. The highest BCUT2D eigenvalue weighted by molar-refractivity contribution is 5.27. The third-order valence-corrected chi connectivity index (χ3v) is 2.26. The Hall–Kier alpha value is -1.22. The van der Waals surface area contributed by atoms with Gasteiger partial charge in [-0.3, -0.25) is 4.90 Å². The van der Waals surface area contributed by atoms with Crippen LogP contribution >= 0.6 is 0 Å². The maximum atomic E-state index is 9.37. The van der Waals surface area contributed by atoms with E-state index in [0.29, 0.717) is 0 Å². The topological polar surface area (TPSA) is 43.7 Å². The van der Waals surface area contributed by atoms with Gasteiger partial charge in [-0.1, -0.05) is 26.5 Å². The number of allylic oxidation sites excluding steroid dienone is 2. The molecule has 0 aromatic heterocycles. The molecule has 0 atom stereocenters. The van der Waals surface area contributed by atoms with Crippen LogP contribution in [-0.4, -0.2) is 34.7 Å². The SMILES string of the molecule is C=C/C(=C\C(O)=C(/C)O)CN(CC)CC. The molecule has 0 radical (unpaired) electrons. The smallest absolute Gasteiger partial charge is 0.152 e. The minimum absolute atomic E-state index is 0.0751. The van der Waals surface area contributed by atoms with Crippen molar-refractivity contribution >= 4 is 0 Å². The van der Waals surface area contributed by atoms with E-state index < -0.39 is 0 Å². The molecule has 0 rings (SSSR count). The summed E-state index contributed by atoms with van der Waals surface area (Å²) in [6.07, 6.45) is 3.23. The van der Waals surface area contributed by atoms with Crippen molar-refractivity contribution in [2.75, 3.05) is 19.6 Å². The van der Waals surface area contributed by atoms with Crippen molar-refractivity contribution in [3.05, 3.63) is 35.8 Å². The molecule has 0 unspecified atom stereocenters. The van der Waals surface area contributed by atoms with E-state index in [1.165, 1.54) is 6.92 Å². The van der Waals surface area contributed by atoms with Gasteiger partial charge in [0.15, 0.2) is 5.76 Å². The third-order valence-electron chi connectivity index (χ3n) is 2.26. The monoisotopic (exact) mass is 211 g/mol. The van der Waals surface area contributed by atoms with E-state index in [4.69, 9.17) is 5.11 Å². The first kappa shape index (κ1) is 13.8. The lowest BCUT2D eigenvalue weighted by atomic mass is 10.2. The van der Waals surface area contributed by atoms with Crippen molar-refractivity contribution in [2.24, 2.45) is 0 Å². The Morgan fingerprint density at radius 3 is 2.13 bits per heavy atom. The van der Waals surface area contributed by atoms with Crippen LogP contribution in [0.4, 0.5) is 0 Å². The number of likely N-dealkylation sites (N-methyl/N-ethyl adjacent to an activating group) is 1. The maximum Gasteiger partial charge on any atom is 0.152 e. The predicted octanol–water partition coefficient (Wildman–Crippen LogP) is 2.79. The minimum Gasteiger partial charge on any atom is -0.509 e. The normalized spacial score (nSPS) is 14.0. The molecule has 0 aliphatic carbocycles. The third kappa shape index (κ3) is 5.27. The molecule has 15 heavy (non-hydrogen) atoms. The second-order valence-corrected chi connectivity index (χ2v) is 3.36. The Morgan fingerprint density at radius 1 is 1.27 bits per heavy atom. The quantitative estimate of drug-likeness (QED) is 0.524. The molecule has 0 fully saturated rings. The lowest BCUT2D eigenvalue weighted by molar-refractivity contribution is 0.327. The van der Waals surface area contributed by atoms with Crippen LogP contribution in [0, 0.1) is 0 Å². The van der Waals surface area contributed by atoms with Crippen LogP contribution in [0.5, 0.6) is 0 Å². The zero-order valence-electron chi connectivity index (χ0n) is 9.82. The van der Waals surface area contributed by atoms with Gasteiger partial charge in [-0.15, -0.1) is 0 Å². The summed E-state index contributed by atoms with van der Waals surface area (Å²) in [5.41, 5.74) is 0.893. The Balaban J connectivity index is 4.63. The van der Waals surface area contributed by atoms with Gasteiger partial charge in [0.2, 0.25) is 0 Å². The average molecular weight is 211 g/mol. The van der Waals surface area contributed by atoms with Gasteiger partial charge in [0.1, 0.15) is 5.76 Å². The highest BCUT2D eigenvalue weighted by Crippen LogP contribution is 2.06. The van der Waals surface area contributed by atoms with Gasteiger partial charge in [-0.05, 0) is 31.7 Å². The summed E-state index contributed by atoms with van der Waals surface area (Å²) in [7, 11) is 0. The standard InChI is InChI=1S/C12H21NO2/c1-5-11(8-12(15)10(4)14)9-13(6-2)7-3/h5,8,14-15H,1,6-7,9H2,2-4H3/b11-8+,12-10-. The van der Waals surface area contributed by atoms with E-state index in [2.05, 4.69) is 25.3 Å². The molecule has 3 nitrogen and oxygen atoms in total. The molecular weight excluding hydrogens is 190 g/mol. The number of aliphatic hydroxyl groups is 2. The number of rotatable bonds is 6. The molecule has 0 heterocycles. The molecule has 0 aromatic carbocycles. The van der Waals surface area contributed by atoms with Crippen LogP contribution in [0.3, 0.4) is 0 Å². The fraction of sp³-hybridized carbons (Fsp3) is 0.500. The summed E-state index contributed by atoms with van der Waals surface area (Å²) in [6.45, 7) is 11.9. The summed E-state index contributed by atoms with van der Waals surface area (Å²) in [5, 5.41) is 18.4. The molecule has 86 valence electrons. The van der Waals surface area contributed by atoms with Crippen molar-refractivity contribution in [3.63, 3.8) is 0 Å². The van der Waals surface area contributed by atoms with E-state index >= 15 is 0 Å². The van der Waals surface area contributed by atoms with Gasteiger partial charge in [0.05, 0.1) is 0 Å². The molecule has 0 aliphatic rings. The van der Waals surface area contributed by atoms with Crippen LogP contribution in [0.2, 0.25) is 0 Å². The van der Waals surface area contributed by atoms with Crippen LogP contribution in [-0.2, 0) is 0 Å². The largest absolute Gasteiger partial charge is 0.509 e. The fourth-order valence-electron chi connectivity index (χ4n) is 1.15. The van der Waals surface area contributed by atoms with Gasteiger partial charge < -0.3 is 10.2 Å². The van der Waals surface area contributed by atoms with Crippen LogP contribution in [0.15, 0.2) is 35.8 Å². The van der Waals surface area contributed by atoms with E-state index in [1.807, 2.05) is 0 Å². The lowest BCUT2D eigenvalue weighted by Crippen LogP contribution is -2.24. The van der Waals surface area contributed by atoms with E-state index in [-0.39, 0.29) is 11.5 Å². The molecular formula is C12H21NO2. The van der Waals surface area contributed by atoms with Crippen LogP contribution in [0.1, 0.15) is 20.8 Å². The average Bonchev–Trinajstić information content (AvgIpc) is 2.23. The summed E-state index contributed by atoms with van der Waals surface area (Å²) < 4.78 is 0. The Bertz CT molecular complexity index is 259. The first-order valence-electron chi connectivity index (χ1n) is 5.19. The summed E-state index contributed by atoms with van der Waals surface area (Å²) >= 11 is 0. The lowest BCUT2D eigenvalue weighted by Gasteiger charge is -2.18. The molecule has 2 N–H and O–H groups in total. The van der Waals surface area contributed by atoms with Gasteiger partial charge in [0, 0.05) is 6.54 Å². The zero-order valence-corrected chi connectivity index (χ0v) is 9.82. The Morgan fingerprint density at radius 2 is 1.80 bits per heavy atom. The molecule has 0 amide bonds. The summed E-state index contributed by atoms with van der Waals surface area (Å²) in [5.74, 6) is -0.175. The van der Waals surface area contributed by atoms with E-state index in [1.54, 1.807) is 12.2 Å².